The number of rotatable bonds is 2. The zero-order valence-electron chi connectivity index (χ0n) is 14.7. The minimum absolute atomic E-state index is 0.251. The van der Waals surface area contributed by atoms with Gasteiger partial charge >= 0.3 is 0 Å². The molecule has 0 bridgehead atoms. The van der Waals surface area contributed by atoms with E-state index in [2.05, 4.69) is 31.0 Å². The molecule has 0 amide bonds. The van der Waals surface area contributed by atoms with E-state index in [1.165, 1.54) is 10.7 Å². The molecule has 28 heavy (non-hydrogen) atoms. The molecule has 3 heterocycles. The minimum Gasteiger partial charge on any atom is -0.318 e. The van der Waals surface area contributed by atoms with Gasteiger partial charge in [-0.25, -0.2) is 9.49 Å². The molecule has 2 N–H and O–H groups in total. The summed E-state index contributed by atoms with van der Waals surface area (Å²) < 4.78 is 16.2. The van der Waals surface area contributed by atoms with Gasteiger partial charge < -0.3 is 5.32 Å². The second kappa shape index (κ2) is 6.08. The monoisotopic (exact) mass is 375 g/mol. The summed E-state index contributed by atoms with van der Waals surface area (Å²) in [6.07, 6.45) is 0. The molecule has 0 unspecified atom stereocenters. The van der Waals surface area contributed by atoms with E-state index in [9.17, 15) is 9.18 Å². The molecule has 5 rings (SSSR count). The number of tetrazole rings is 1. The fourth-order valence-electron chi connectivity index (χ4n) is 3.45. The van der Waals surface area contributed by atoms with Gasteiger partial charge in [-0.3, -0.25) is 4.79 Å². The molecule has 9 heteroatoms. The van der Waals surface area contributed by atoms with Crippen molar-refractivity contribution in [3.05, 3.63) is 81.4 Å². The van der Waals surface area contributed by atoms with E-state index in [1.54, 1.807) is 18.2 Å². The largest absolute Gasteiger partial charge is 0.318 e. The van der Waals surface area contributed by atoms with Crippen LogP contribution >= 0.6 is 0 Å². The Bertz CT molecular complexity index is 1250. The molecule has 1 aliphatic heterocycles. The van der Waals surface area contributed by atoms with Crippen LogP contribution in [0.25, 0.3) is 11.3 Å². The maximum Gasteiger partial charge on any atom is 0.288 e. The van der Waals surface area contributed by atoms with Gasteiger partial charge in [0.05, 0.1) is 5.69 Å². The summed E-state index contributed by atoms with van der Waals surface area (Å²) >= 11 is 0. The third-order valence-electron chi connectivity index (χ3n) is 4.79. The van der Waals surface area contributed by atoms with Crippen LogP contribution in [0.15, 0.2) is 53.3 Å². The third kappa shape index (κ3) is 2.40. The van der Waals surface area contributed by atoms with Gasteiger partial charge in [-0.1, -0.05) is 53.1 Å². The number of hydrogen-bond donors (Lipinski definition) is 2. The average Bonchev–Trinajstić information content (AvgIpc) is 3.17. The Balaban J connectivity index is 1.84. The minimum atomic E-state index is -0.742. The Morgan fingerprint density at radius 2 is 1.89 bits per heavy atom. The number of H-pyrrole nitrogens is 1. The van der Waals surface area contributed by atoms with Crippen molar-refractivity contribution in [2.24, 2.45) is 0 Å². The van der Waals surface area contributed by atoms with Gasteiger partial charge in [0.15, 0.2) is 0 Å². The van der Waals surface area contributed by atoms with Gasteiger partial charge in [0, 0.05) is 16.7 Å². The van der Waals surface area contributed by atoms with Crippen LogP contribution in [-0.2, 0) is 0 Å². The molecule has 1 atom stereocenters. The molecular formula is C19H14FN7O. The van der Waals surface area contributed by atoms with Gasteiger partial charge in [0.2, 0.25) is 5.95 Å². The molecule has 2 aromatic heterocycles. The highest BCUT2D eigenvalue weighted by atomic mass is 19.1. The van der Waals surface area contributed by atoms with E-state index in [0.717, 1.165) is 11.1 Å². The molecule has 0 radical (unpaired) electrons. The second-order valence-electron chi connectivity index (χ2n) is 6.55. The van der Waals surface area contributed by atoms with Crippen molar-refractivity contribution in [1.29, 1.82) is 0 Å². The first-order chi connectivity index (χ1) is 13.6. The molecule has 4 aromatic rings. The second-order valence-corrected chi connectivity index (χ2v) is 6.55. The molecule has 8 nitrogen and oxygen atoms in total. The zero-order chi connectivity index (χ0) is 19.3. The lowest BCUT2D eigenvalue weighted by molar-refractivity contribution is 0.527. The highest BCUT2D eigenvalue weighted by Crippen LogP contribution is 2.41. The number of fused-ring (bicyclic) bond motifs is 2. The van der Waals surface area contributed by atoms with Gasteiger partial charge in [-0.05, 0) is 23.4 Å². The smallest absolute Gasteiger partial charge is 0.288 e. The Hall–Kier alpha value is -3.88. The van der Waals surface area contributed by atoms with E-state index in [-0.39, 0.29) is 11.6 Å². The van der Waals surface area contributed by atoms with Crippen molar-refractivity contribution in [2.75, 3.05) is 5.32 Å². The van der Waals surface area contributed by atoms with E-state index in [1.807, 2.05) is 31.2 Å². The molecule has 0 aliphatic carbocycles. The first-order valence-electron chi connectivity index (χ1n) is 8.62. The zero-order valence-corrected chi connectivity index (χ0v) is 14.7. The number of nitrogens with one attached hydrogen (secondary N) is 2. The number of aromatic amines is 1. The van der Waals surface area contributed by atoms with Crippen LogP contribution in [0.2, 0.25) is 0 Å². The van der Waals surface area contributed by atoms with Crippen molar-refractivity contribution < 1.29 is 4.39 Å². The topological polar surface area (TPSA) is 101 Å². The van der Waals surface area contributed by atoms with Crippen molar-refractivity contribution in [3.8, 4) is 11.3 Å². The summed E-state index contributed by atoms with van der Waals surface area (Å²) in [5.41, 5.74) is 3.09. The predicted octanol–water partition coefficient (Wildman–Crippen LogP) is 2.57. The van der Waals surface area contributed by atoms with E-state index in [0.29, 0.717) is 16.8 Å². The quantitative estimate of drug-likeness (QED) is 0.492. The Morgan fingerprint density at radius 3 is 2.68 bits per heavy atom. The van der Waals surface area contributed by atoms with Crippen molar-refractivity contribution in [3.63, 3.8) is 0 Å². The third-order valence-corrected chi connectivity index (χ3v) is 4.79. The Morgan fingerprint density at radius 1 is 1.11 bits per heavy atom. The molecule has 138 valence electrons. The number of aromatic nitrogens is 6. The Labute approximate surface area is 158 Å². The average molecular weight is 375 g/mol. The lowest BCUT2D eigenvalue weighted by Crippen LogP contribution is -2.29. The molecule has 0 spiro atoms. The van der Waals surface area contributed by atoms with Gasteiger partial charge in [0.1, 0.15) is 17.5 Å². The Kier molecular flexibility index (Phi) is 3.54. The maximum absolute atomic E-state index is 14.7. The molecule has 0 fully saturated rings. The fraction of sp³-hybridized carbons (Fsp3) is 0.105. The van der Waals surface area contributed by atoms with Crippen LogP contribution in [0.4, 0.5) is 16.0 Å². The van der Waals surface area contributed by atoms with E-state index in [4.69, 9.17) is 0 Å². The van der Waals surface area contributed by atoms with Crippen molar-refractivity contribution >= 4 is 11.6 Å². The summed E-state index contributed by atoms with van der Waals surface area (Å²) in [6, 6.07) is 13.3. The number of aryl methyl sites for hydroxylation is 1. The van der Waals surface area contributed by atoms with Crippen molar-refractivity contribution in [2.45, 2.75) is 13.0 Å². The summed E-state index contributed by atoms with van der Waals surface area (Å²) in [5.74, 6) is -0.163. The molecule has 1 aliphatic rings. The SMILES string of the molecule is Cc1ccc(-c2n[nH]c(=O)c3c2[C@@H](c2ccccc2F)n2nnnc2N3)cc1. The lowest BCUT2D eigenvalue weighted by Gasteiger charge is -2.28. The first kappa shape index (κ1) is 16.3. The fourth-order valence-corrected chi connectivity index (χ4v) is 3.45. The van der Waals surface area contributed by atoms with Crippen molar-refractivity contribution in [1.82, 2.24) is 30.4 Å². The van der Waals surface area contributed by atoms with E-state index < -0.39 is 17.4 Å². The maximum atomic E-state index is 14.7. The molecule has 2 aromatic carbocycles. The number of benzene rings is 2. The first-order valence-corrected chi connectivity index (χ1v) is 8.62. The number of hydrogen-bond acceptors (Lipinski definition) is 6. The summed E-state index contributed by atoms with van der Waals surface area (Å²) in [6.45, 7) is 1.98. The normalized spacial score (nSPS) is 14.9. The van der Waals surface area contributed by atoms with Crippen LogP contribution in [0.5, 0.6) is 0 Å². The van der Waals surface area contributed by atoms with Crippen LogP contribution in [-0.4, -0.2) is 30.4 Å². The van der Waals surface area contributed by atoms with Gasteiger partial charge in [-0.2, -0.15) is 9.78 Å². The summed E-state index contributed by atoms with van der Waals surface area (Å²) in [7, 11) is 0. The van der Waals surface area contributed by atoms with Crippen LogP contribution < -0.4 is 10.9 Å². The van der Waals surface area contributed by atoms with Gasteiger partial charge in [-0.15, -0.1) is 0 Å². The summed E-state index contributed by atoms with van der Waals surface area (Å²) in [4.78, 5) is 12.5. The van der Waals surface area contributed by atoms with Gasteiger partial charge in [0.25, 0.3) is 5.56 Å². The van der Waals surface area contributed by atoms with Crippen LogP contribution in [0.3, 0.4) is 0 Å². The number of nitrogens with zero attached hydrogens (tertiary/aromatic N) is 5. The molecular weight excluding hydrogens is 361 g/mol. The molecule has 0 saturated carbocycles. The lowest BCUT2D eigenvalue weighted by atomic mass is 9.92. The standard InChI is InChI=1S/C19H14FN7O/c1-10-6-8-11(9-7-10)15-14-16(18(28)23-22-15)21-19-24-25-26-27(19)17(14)12-4-2-3-5-13(12)20/h2-9,17H,1H3,(H,23,28)(H,21,24,26)/t17-/m1/s1. The van der Waals surface area contributed by atoms with Crippen LogP contribution in [0, 0.1) is 12.7 Å². The van der Waals surface area contributed by atoms with Crippen LogP contribution in [0.1, 0.15) is 22.7 Å². The number of anilines is 2. The molecule has 0 saturated heterocycles. The highest BCUT2D eigenvalue weighted by Gasteiger charge is 2.35. The summed E-state index contributed by atoms with van der Waals surface area (Å²) in [5, 5.41) is 21.3. The van der Waals surface area contributed by atoms with E-state index >= 15 is 0 Å². The predicted molar refractivity (Wildman–Crippen MR) is 99.8 cm³/mol. The number of halogens is 1. The highest BCUT2D eigenvalue weighted by molar-refractivity contribution is 5.75.